The van der Waals surface area contributed by atoms with Crippen LogP contribution in [0.15, 0.2) is 18.2 Å². The highest BCUT2D eigenvalue weighted by Crippen LogP contribution is 2.27. The van der Waals surface area contributed by atoms with Gasteiger partial charge in [-0.15, -0.1) is 0 Å². The lowest BCUT2D eigenvalue weighted by Gasteiger charge is -2.22. The van der Waals surface area contributed by atoms with Crippen molar-refractivity contribution in [3.05, 3.63) is 23.8 Å². The molecule has 1 aromatic rings. The lowest BCUT2D eigenvalue weighted by atomic mass is 10.1. The third-order valence-corrected chi connectivity index (χ3v) is 2.41. The van der Waals surface area contributed by atoms with Crippen LogP contribution in [0.1, 0.15) is 45.0 Å². The van der Waals surface area contributed by atoms with Crippen LogP contribution >= 0.6 is 0 Å². The first kappa shape index (κ1) is 16.7. The van der Waals surface area contributed by atoms with Gasteiger partial charge in [0.05, 0.1) is 16.9 Å². The van der Waals surface area contributed by atoms with E-state index in [1.54, 1.807) is 18.2 Å². The quantitative estimate of drug-likeness (QED) is 0.797. The molecule has 0 spiro atoms. The van der Waals surface area contributed by atoms with E-state index in [-0.39, 0.29) is 17.7 Å². The van der Waals surface area contributed by atoms with Crippen molar-refractivity contribution < 1.29 is 14.4 Å². The largest absolute Gasteiger partial charge is 0.347 e. The highest BCUT2D eigenvalue weighted by molar-refractivity contribution is 6.08. The lowest BCUT2D eigenvalue weighted by molar-refractivity contribution is -0.115. The summed E-state index contributed by atoms with van der Waals surface area (Å²) in [5.74, 6) is -0.925. The van der Waals surface area contributed by atoms with E-state index in [0.717, 1.165) is 0 Å². The van der Waals surface area contributed by atoms with Gasteiger partial charge in [0.15, 0.2) is 0 Å². The molecule has 0 aliphatic heterocycles. The van der Waals surface area contributed by atoms with E-state index < -0.39 is 5.54 Å². The molecule has 0 fully saturated rings. The van der Waals surface area contributed by atoms with Crippen molar-refractivity contribution in [1.82, 2.24) is 5.32 Å². The Morgan fingerprint density at radius 2 is 1.52 bits per heavy atom. The molecule has 0 saturated carbocycles. The Morgan fingerprint density at radius 1 is 0.952 bits per heavy atom. The summed E-state index contributed by atoms with van der Waals surface area (Å²) in [7, 11) is 0. The van der Waals surface area contributed by atoms with Crippen LogP contribution in [0.5, 0.6) is 0 Å². The summed E-state index contributed by atoms with van der Waals surface area (Å²) in [4.78, 5) is 34.9. The summed E-state index contributed by atoms with van der Waals surface area (Å²) in [5, 5.41) is 8.03. The molecule has 0 bridgehead atoms. The van der Waals surface area contributed by atoms with Gasteiger partial charge in [-0.2, -0.15) is 0 Å². The second kappa shape index (κ2) is 6.39. The van der Waals surface area contributed by atoms with Crippen LogP contribution in [0.4, 0.5) is 11.4 Å². The fourth-order valence-corrected chi connectivity index (χ4v) is 1.75. The number of anilines is 2. The van der Waals surface area contributed by atoms with Crippen LogP contribution in [0.3, 0.4) is 0 Å². The van der Waals surface area contributed by atoms with Crippen LogP contribution in [-0.2, 0) is 9.59 Å². The Labute approximate surface area is 124 Å². The van der Waals surface area contributed by atoms with E-state index in [1.807, 2.05) is 20.8 Å². The average molecular weight is 291 g/mol. The summed E-state index contributed by atoms with van der Waals surface area (Å²) in [6.07, 6.45) is 0. The van der Waals surface area contributed by atoms with Crippen LogP contribution in [0.2, 0.25) is 0 Å². The third kappa shape index (κ3) is 5.25. The first-order valence-corrected chi connectivity index (χ1v) is 6.61. The maximum absolute atomic E-state index is 12.3. The Bertz CT molecular complexity index is 574. The molecule has 6 nitrogen and oxygen atoms in total. The van der Waals surface area contributed by atoms with E-state index in [1.165, 1.54) is 13.8 Å². The highest BCUT2D eigenvalue weighted by atomic mass is 16.2. The minimum Gasteiger partial charge on any atom is -0.347 e. The SMILES string of the molecule is CC(=O)Nc1cccc(C(=O)NC(C)(C)C)c1NC(C)=O. The number of hydrogen-bond acceptors (Lipinski definition) is 3. The second-order valence-corrected chi connectivity index (χ2v) is 5.79. The fourth-order valence-electron chi connectivity index (χ4n) is 1.75. The number of amides is 3. The Balaban J connectivity index is 3.26. The summed E-state index contributed by atoms with van der Waals surface area (Å²) in [6, 6.07) is 4.87. The van der Waals surface area contributed by atoms with Gasteiger partial charge in [0, 0.05) is 19.4 Å². The summed E-state index contributed by atoms with van der Waals surface area (Å²) in [5.41, 5.74) is 0.571. The van der Waals surface area contributed by atoms with Crippen molar-refractivity contribution >= 4 is 29.1 Å². The van der Waals surface area contributed by atoms with Crippen LogP contribution in [-0.4, -0.2) is 23.3 Å². The maximum Gasteiger partial charge on any atom is 0.253 e. The Kier molecular flexibility index (Phi) is 5.07. The zero-order valence-corrected chi connectivity index (χ0v) is 13.0. The zero-order valence-electron chi connectivity index (χ0n) is 13.0. The molecule has 1 rings (SSSR count). The zero-order chi connectivity index (χ0) is 16.2. The minimum absolute atomic E-state index is 0.282. The van der Waals surface area contributed by atoms with Crippen LogP contribution in [0, 0.1) is 0 Å². The van der Waals surface area contributed by atoms with Crippen molar-refractivity contribution in [2.24, 2.45) is 0 Å². The predicted molar refractivity (Wildman–Crippen MR) is 82.3 cm³/mol. The maximum atomic E-state index is 12.3. The molecule has 0 radical (unpaired) electrons. The number of carbonyl (C=O) groups excluding carboxylic acids is 3. The minimum atomic E-state index is -0.408. The van der Waals surface area contributed by atoms with Gasteiger partial charge in [0.25, 0.3) is 5.91 Å². The van der Waals surface area contributed by atoms with Crippen molar-refractivity contribution in [3.63, 3.8) is 0 Å². The average Bonchev–Trinajstić information content (AvgIpc) is 2.27. The molecule has 1 aromatic carbocycles. The number of hydrogen-bond donors (Lipinski definition) is 3. The number of benzene rings is 1. The molecule has 0 aromatic heterocycles. The number of nitrogens with one attached hydrogen (secondary N) is 3. The fraction of sp³-hybridized carbons (Fsp3) is 0.400. The Morgan fingerprint density at radius 3 is 2.00 bits per heavy atom. The van der Waals surface area contributed by atoms with Gasteiger partial charge in [0.2, 0.25) is 11.8 Å². The van der Waals surface area contributed by atoms with Gasteiger partial charge in [-0.25, -0.2) is 0 Å². The molecule has 3 amide bonds. The molecule has 21 heavy (non-hydrogen) atoms. The summed E-state index contributed by atoms with van der Waals surface area (Å²) in [6.45, 7) is 8.29. The van der Waals surface area contributed by atoms with E-state index in [2.05, 4.69) is 16.0 Å². The van der Waals surface area contributed by atoms with Crippen molar-refractivity contribution in [2.45, 2.75) is 40.2 Å². The molecule has 0 unspecified atom stereocenters. The number of para-hydroxylation sites is 1. The highest BCUT2D eigenvalue weighted by Gasteiger charge is 2.20. The van der Waals surface area contributed by atoms with Crippen molar-refractivity contribution in [2.75, 3.05) is 10.6 Å². The lowest BCUT2D eigenvalue weighted by Crippen LogP contribution is -2.41. The molecule has 0 heterocycles. The standard InChI is InChI=1S/C15H21N3O3/c1-9(19)16-12-8-6-7-11(13(12)17-10(2)20)14(21)18-15(3,4)5/h6-8H,1-5H3,(H,16,19)(H,17,20)(H,18,21). The first-order valence-electron chi connectivity index (χ1n) is 6.61. The molecule has 0 saturated heterocycles. The number of rotatable bonds is 3. The van der Waals surface area contributed by atoms with E-state index in [4.69, 9.17) is 0 Å². The molecule has 6 heteroatoms. The van der Waals surface area contributed by atoms with Gasteiger partial charge in [-0.1, -0.05) is 6.07 Å². The molecule has 3 N–H and O–H groups in total. The van der Waals surface area contributed by atoms with Gasteiger partial charge in [-0.05, 0) is 32.9 Å². The molecule has 0 atom stereocenters. The normalized spacial score (nSPS) is 10.7. The predicted octanol–water partition coefficient (Wildman–Crippen LogP) is 2.13. The molecule has 0 aliphatic carbocycles. The van der Waals surface area contributed by atoms with E-state index in [0.29, 0.717) is 16.9 Å². The molecule has 0 aliphatic rings. The van der Waals surface area contributed by atoms with Crippen LogP contribution < -0.4 is 16.0 Å². The van der Waals surface area contributed by atoms with Gasteiger partial charge in [0.1, 0.15) is 0 Å². The molecular formula is C15H21N3O3. The monoisotopic (exact) mass is 291 g/mol. The second-order valence-electron chi connectivity index (χ2n) is 5.79. The topological polar surface area (TPSA) is 87.3 Å². The van der Waals surface area contributed by atoms with Crippen LogP contribution in [0.25, 0.3) is 0 Å². The van der Waals surface area contributed by atoms with E-state index >= 15 is 0 Å². The molecular weight excluding hydrogens is 270 g/mol. The number of carbonyl (C=O) groups is 3. The smallest absolute Gasteiger partial charge is 0.253 e. The van der Waals surface area contributed by atoms with Crippen molar-refractivity contribution in [1.29, 1.82) is 0 Å². The Hall–Kier alpha value is -2.37. The summed E-state index contributed by atoms with van der Waals surface area (Å²) < 4.78 is 0. The molecule has 114 valence electrons. The third-order valence-electron chi connectivity index (χ3n) is 2.41. The summed E-state index contributed by atoms with van der Waals surface area (Å²) >= 11 is 0. The van der Waals surface area contributed by atoms with Crippen molar-refractivity contribution in [3.8, 4) is 0 Å². The first-order chi connectivity index (χ1) is 9.60. The van der Waals surface area contributed by atoms with Gasteiger partial charge in [-0.3, -0.25) is 14.4 Å². The van der Waals surface area contributed by atoms with Gasteiger partial charge < -0.3 is 16.0 Å². The van der Waals surface area contributed by atoms with E-state index in [9.17, 15) is 14.4 Å². The van der Waals surface area contributed by atoms with Gasteiger partial charge >= 0.3 is 0 Å².